The molecule has 8 nitrogen and oxygen atoms in total. The SMILES string of the molecule is CCN(CC(=O)Nc1cccc(OC)c1)C(=O)CN1C(=O)C2CCCCC2C1=O. The van der Waals surface area contributed by atoms with E-state index in [4.69, 9.17) is 4.74 Å². The van der Waals surface area contributed by atoms with Crippen LogP contribution in [0.3, 0.4) is 0 Å². The number of fused-ring (bicyclic) bond motifs is 1. The van der Waals surface area contributed by atoms with Crippen LogP contribution in [0.15, 0.2) is 24.3 Å². The molecule has 8 heteroatoms. The van der Waals surface area contributed by atoms with Gasteiger partial charge in [0.05, 0.1) is 25.5 Å². The van der Waals surface area contributed by atoms with Gasteiger partial charge in [-0.3, -0.25) is 24.1 Å². The van der Waals surface area contributed by atoms with Gasteiger partial charge in [0.15, 0.2) is 0 Å². The van der Waals surface area contributed by atoms with Crippen molar-refractivity contribution in [2.75, 3.05) is 32.1 Å². The number of amides is 4. The van der Waals surface area contributed by atoms with Gasteiger partial charge in [-0.2, -0.15) is 0 Å². The Morgan fingerprint density at radius 2 is 1.83 bits per heavy atom. The fraction of sp³-hybridized carbons (Fsp3) is 0.524. The molecule has 0 radical (unpaired) electrons. The van der Waals surface area contributed by atoms with Crippen molar-refractivity contribution in [3.63, 3.8) is 0 Å². The number of hydrogen-bond donors (Lipinski definition) is 1. The molecule has 2 fully saturated rings. The Hall–Kier alpha value is -2.90. The molecular formula is C21H27N3O5. The van der Waals surface area contributed by atoms with E-state index in [0.29, 0.717) is 30.8 Å². The highest BCUT2D eigenvalue weighted by molar-refractivity contribution is 6.07. The van der Waals surface area contributed by atoms with E-state index in [0.717, 1.165) is 17.7 Å². The van der Waals surface area contributed by atoms with E-state index in [2.05, 4.69) is 5.32 Å². The van der Waals surface area contributed by atoms with E-state index in [1.54, 1.807) is 31.2 Å². The third kappa shape index (κ3) is 4.58. The van der Waals surface area contributed by atoms with Crippen LogP contribution in [0.5, 0.6) is 5.75 Å². The largest absolute Gasteiger partial charge is 0.497 e. The van der Waals surface area contributed by atoms with Gasteiger partial charge in [0.1, 0.15) is 12.3 Å². The van der Waals surface area contributed by atoms with E-state index < -0.39 is 5.91 Å². The van der Waals surface area contributed by atoms with Crippen molar-refractivity contribution >= 4 is 29.3 Å². The lowest BCUT2D eigenvalue weighted by Crippen LogP contribution is -2.45. The Balaban J connectivity index is 1.59. The first-order chi connectivity index (χ1) is 13.9. The molecule has 1 saturated heterocycles. The van der Waals surface area contributed by atoms with Gasteiger partial charge >= 0.3 is 0 Å². The topological polar surface area (TPSA) is 96.0 Å². The van der Waals surface area contributed by atoms with Gasteiger partial charge < -0.3 is 15.0 Å². The van der Waals surface area contributed by atoms with E-state index in [9.17, 15) is 19.2 Å². The van der Waals surface area contributed by atoms with Crippen LogP contribution < -0.4 is 10.1 Å². The van der Waals surface area contributed by atoms with E-state index in [-0.39, 0.29) is 42.6 Å². The van der Waals surface area contributed by atoms with E-state index in [1.807, 2.05) is 0 Å². The standard InChI is InChI=1S/C21H27N3O5/c1-3-23(12-18(25)22-14-7-6-8-15(11-14)29-2)19(26)13-24-20(27)16-9-4-5-10-17(16)21(24)28/h6-8,11,16-17H,3-5,9-10,12-13H2,1-2H3,(H,22,25). The molecule has 1 N–H and O–H groups in total. The summed E-state index contributed by atoms with van der Waals surface area (Å²) in [5.74, 6) is -1.21. The molecule has 0 aromatic heterocycles. The van der Waals surface area contributed by atoms with Crippen molar-refractivity contribution < 1.29 is 23.9 Å². The second-order valence-electron chi connectivity index (χ2n) is 7.45. The maximum atomic E-state index is 12.7. The van der Waals surface area contributed by atoms with Crippen LogP contribution in [0.1, 0.15) is 32.6 Å². The monoisotopic (exact) mass is 401 g/mol. The van der Waals surface area contributed by atoms with Crippen molar-refractivity contribution in [3.8, 4) is 5.75 Å². The third-order valence-electron chi connectivity index (χ3n) is 5.65. The lowest BCUT2D eigenvalue weighted by molar-refractivity contribution is -0.146. The van der Waals surface area contributed by atoms with Crippen LogP contribution in [0.2, 0.25) is 0 Å². The quantitative estimate of drug-likeness (QED) is 0.701. The summed E-state index contributed by atoms with van der Waals surface area (Å²) >= 11 is 0. The minimum Gasteiger partial charge on any atom is -0.497 e. The first kappa shape index (κ1) is 20.8. The van der Waals surface area contributed by atoms with Crippen LogP contribution in [-0.2, 0) is 19.2 Å². The average molecular weight is 401 g/mol. The fourth-order valence-electron chi connectivity index (χ4n) is 4.07. The number of likely N-dealkylation sites (tertiary alicyclic amines) is 1. The number of hydrogen-bond acceptors (Lipinski definition) is 5. The molecular weight excluding hydrogens is 374 g/mol. The van der Waals surface area contributed by atoms with Gasteiger partial charge in [-0.1, -0.05) is 18.9 Å². The van der Waals surface area contributed by atoms with Gasteiger partial charge in [-0.05, 0) is 31.9 Å². The number of likely N-dealkylation sites (N-methyl/N-ethyl adjacent to an activating group) is 1. The molecule has 1 saturated carbocycles. The first-order valence-corrected chi connectivity index (χ1v) is 10.0. The normalized spacial score (nSPS) is 21.0. The molecule has 1 aromatic rings. The van der Waals surface area contributed by atoms with Crippen LogP contribution >= 0.6 is 0 Å². The number of nitrogens with one attached hydrogen (secondary N) is 1. The van der Waals surface area contributed by atoms with Crippen LogP contribution in [0.25, 0.3) is 0 Å². The summed E-state index contributed by atoms with van der Waals surface area (Å²) in [5, 5.41) is 2.73. The smallest absolute Gasteiger partial charge is 0.243 e. The Kier molecular flexibility index (Phi) is 6.51. The molecule has 1 aliphatic heterocycles. The fourth-order valence-corrected chi connectivity index (χ4v) is 4.07. The van der Waals surface area contributed by atoms with Crippen molar-refractivity contribution in [1.29, 1.82) is 0 Å². The van der Waals surface area contributed by atoms with Gasteiger partial charge in [-0.15, -0.1) is 0 Å². The molecule has 1 aliphatic carbocycles. The van der Waals surface area contributed by atoms with Crippen molar-refractivity contribution in [1.82, 2.24) is 9.80 Å². The van der Waals surface area contributed by atoms with Gasteiger partial charge in [0.2, 0.25) is 23.6 Å². The summed E-state index contributed by atoms with van der Waals surface area (Å²) in [5.41, 5.74) is 0.562. The second kappa shape index (κ2) is 9.07. The zero-order valence-electron chi connectivity index (χ0n) is 16.8. The number of anilines is 1. The predicted octanol–water partition coefficient (Wildman–Crippen LogP) is 1.66. The summed E-state index contributed by atoms with van der Waals surface area (Å²) in [6, 6.07) is 6.92. The highest BCUT2D eigenvalue weighted by Gasteiger charge is 2.48. The maximum Gasteiger partial charge on any atom is 0.243 e. The molecule has 156 valence electrons. The number of methoxy groups -OCH3 is 1. The van der Waals surface area contributed by atoms with Crippen LogP contribution in [0, 0.1) is 11.8 Å². The molecule has 29 heavy (non-hydrogen) atoms. The number of rotatable bonds is 7. The van der Waals surface area contributed by atoms with Crippen LogP contribution in [-0.4, -0.2) is 60.2 Å². The zero-order chi connectivity index (χ0) is 21.0. The van der Waals surface area contributed by atoms with Gasteiger partial charge in [0.25, 0.3) is 0 Å². The second-order valence-corrected chi connectivity index (χ2v) is 7.45. The molecule has 3 rings (SSSR count). The van der Waals surface area contributed by atoms with E-state index in [1.165, 1.54) is 12.0 Å². The zero-order valence-corrected chi connectivity index (χ0v) is 16.8. The number of imide groups is 1. The summed E-state index contributed by atoms with van der Waals surface area (Å²) in [7, 11) is 1.54. The highest BCUT2D eigenvalue weighted by atomic mass is 16.5. The molecule has 2 atom stereocenters. The Morgan fingerprint density at radius 1 is 1.17 bits per heavy atom. The summed E-state index contributed by atoms with van der Waals surface area (Å²) in [6.45, 7) is 1.60. The number of nitrogens with zero attached hydrogens (tertiary/aromatic N) is 2. The third-order valence-corrected chi connectivity index (χ3v) is 5.65. The summed E-state index contributed by atoms with van der Waals surface area (Å²) < 4.78 is 5.13. The minimum absolute atomic E-state index is 0.157. The van der Waals surface area contributed by atoms with Gasteiger partial charge in [0, 0.05) is 18.3 Å². The molecule has 2 aliphatic rings. The lowest BCUT2D eigenvalue weighted by Gasteiger charge is -2.23. The number of benzene rings is 1. The number of ether oxygens (including phenoxy) is 1. The molecule has 0 bridgehead atoms. The molecule has 2 unspecified atom stereocenters. The summed E-state index contributed by atoms with van der Waals surface area (Å²) in [4.78, 5) is 52.6. The maximum absolute atomic E-state index is 12.7. The molecule has 1 aromatic carbocycles. The lowest BCUT2D eigenvalue weighted by atomic mass is 9.81. The first-order valence-electron chi connectivity index (χ1n) is 10.0. The molecule has 0 spiro atoms. The van der Waals surface area contributed by atoms with Gasteiger partial charge in [-0.25, -0.2) is 0 Å². The minimum atomic E-state index is -0.409. The summed E-state index contributed by atoms with van der Waals surface area (Å²) in [6.07, 6.45) is 3.29. The van der Waals surface area contributed by atoms with Crippen molar-refractivity contribution in [3.05, 3.63) is 24.3 Å². The molecule has 4 amide bonds. The Bertz CT molecular complexity index is 785. The Labute approximate surface area is 170 Å². The van der Waals surface area contributed by atoms with Crippen molar-refractivity contribution in [2.45, 2.75) is 32.6 Å². The molecule has 1 heterocycles. The van der Waals surface area contributed by atoms with Crippen molar-refractivity contribution in [2.24, 2.45) is 11.8 Å². The highest BCUT2D eigenvalue weighted by Crippen LogP contribution is 2.37. The van der Waals surface area contributed by atoms with Crippen LogP contribution in [0.4, 0.5) is 5.69 Å². The average Bonchev–Trinajstić information content (AvgIpc) is 2.97. The predicted molar refractivity (Wildman–Crippen MR) is 106 cm³/mol. The number of carbonyl (C=O) groups excluding carboxylic acids is 4. The Morgan fingerprint density at radius 3 is 2.41 bits per heavy atom. The number of carbonyl (C=O) groups is 4. The van der Waals surface area contributed by atoms with E-state index >= 15 is 0 Å².